The number of rotatable bonds is 0. The zero-order chi connectivity index (χ0) is 9.71. The highest BCUT2D eigenvalue weighted by molar-refractivity contribution is 7.83. The Morgan fingerprint density at radius 3 is 1.64 bits per heavy atom. The van der Waals surface area contributed by atoms with Gasteiger partial charge in [0.25, 0.3) is 0 Å². The SMILES string of the molecule is S=C1c2ccsc2C(=S)c2ccsc21. The van der Waals surface area contributed by atoms with Gasteiger partial charge in [-0.15, -0.1) is 22.7 Å². The topological polar surface area (TPSA) is 0 Å². The van der Waals surface area contributed by atoms with Gasteiger partial charge in [0.05, 0.1) is 19.5 Å². The van der Waals surface area contributed by atoms with Crippen LogP contribution in [0.15, 0.2) is 22.9 Å². The van der Waals surface area contributed by atoms with Crippen LogP contribution in [0.25, 0.3) is 0 Å². The average Bonchev–Trinajstić information content (AvgIpc) is 2.82. The van der Waals surface area contributed by atoms with E-state index in [9.17, 15) is 0 Å². The van der Waals surface area contributed by atoms with Crippen molar-refractivity contribution >= 4 is 56.8 Å². The van der Waals surface area contributed by atoms with Crippen LogP contribution < -0.4 is 0 Å². The second-order valence-corrected chi connectivity index (χ2v) is 5.63. The third-order valence-electron chi connectivity index (χ3n) is 2.23. The van der Waals surface area contributed by atoms with E-state index in [4.69, 9.17) is 24.4 Å². The van der Waals surface area contributed by atoms with E-state index >= 15 is 0 Å². The summed E-state index contributed by atoms with van der Waals surface area (Å²) < 4.78 is 0. The minimum absolute atomic E-state index is 0.958. The average molecular weight is 252 g/mol. The van der Waals surface area contributed by atoms with Gasteiger partial charge in [-0.3, -0.25) is 0 Å². The zero-order valence-corrected chi connectivity index (χ0v) is 10.2. The summed E-state index contributed by atoms with van der Waals surface area (Å²) in [4.78, 5) is 4.24. The van der Waals surface area contributed by atoms with Crippen LogP contribution in [0.3, 0.4) is 0 Å². The van der Waals surface area contributed by atoms with Crippen molar-refractivity contribution in [3.05, 3.63) is 43.8 Å². The Morgan fingerprint density at radius 1 is 0.786 bits per heavy atom. The van der Waals surface area contributed by atoms with Crippen molar-refractivity contribution in [2.45, 2.75) is 0 Å². The smallest absolute Gasteiger partial charge is 0.0643 e. The summed E-state index contributed by atoms with van der Waals surface area (Å²) in [7, 11) is 0. The van der Waals surface area contributed by atoms with Gasteiger partial charge in [-0.05, 0) is 22.9 Å². The molecule has 68 valence electrons. The van der Waals surface area contributed by atoms with Gasteiger partial charge in [-0.25, -0.2) is 0 Å². The van der Waals surface area contributed by atoms with E-state index in [1.54, 1.807) is 22.7 Å². The van der Waals surface area contributed by atoms with Gasteiger partial charge in [0.1, 0.15) is 0 Å². The fraction of sp³-hybridized carbons (Fsp3) is 0. The summed E-state index contributed by atoms with van der Waals surface area (Å²) in [6.07, 6.45) is 0. The van der Waals surface area contributed by atoms with Gasteiger partial charge in [0.15, 0.2) is 0 Å². The van der Waals surface area contributed by atoms with Crippen molar-refractivity contribution in [1.29, 1.82) is 0 Å². The van der Waals surface area contributed by atoms with Crippen LogP contribution in [0.1, 0.15) is 20.9 Å². The Labute approximate surface area is 100 Å². The molecule has 0 saturated heterocycles. The Morgan fingerprint density at radius 2 is 1.21 bits per heavy atom. The van der Waals surface area contributed by atoms with Gasteiger partial charge >= 0.3 is 0 Å². The van der Waals surface area contributed by atoms with Crippen molar-refractivity contribution in [1.82, 2.24) is 0 Å². The van der Waals surface area contributed by atoms with E-state index in [1.165, 1.54) is 0 Å². The summed E-state index contributed by atoms with van der Waals surface area (Å²) in [6, 6.07) is 4.13. The molecule has 1 aliphatic rings. The van der Waals surface area contributed by atoms with E-state index in [-0.39, 0.29) is 0 Å². The minimum atomic E-state index is 0.958. The summed E-state index contributed by atoms with van der Waals surface area (Å²) in [5.74, 6) is 0. The number of hydrogen-bond donors (Lipinski definition) is 0. The lowest BCUT2D eigenvalue weighted by molar-refractivity contribution is 1.74. The lowest BCUT2D eigenvalue weighted by atomic mass is 9.98. The predicted octanol–water partition coefficient (Wildman–Crippen LogP) is 3.66. The van der Waals surface area contributed by atoms with E-state index in [0.717, 1.165) is 30.6 Å². The highest BCUT2D eigenvalue weighted by atomic mass is 32.1. The third-order valence-corrected chi connectivity index (χ3v) is 5.20. The second-order valence-electron chi connectivity index (χ2n) is 2.99. The molecule has 2 heterocycles. The molecule has 4 heteroatoms. The Bertz CT molecular complexity index is 453. The molecule has 0 unspecified atom stereocenters. The highest BCUT2D eigenvalue weighted by Gasteiger charge is 2.26. The third kappa shape index (κ3) is 1.02. The molecule has 0 radical (unpaired) electrons. The molecule has 2 aromatic heterocycles. The predicted molar refractivity (Wildman–Crippen MR) is 70.2 cm³/mol. The van der Waals surface area contributed by atoms with Crippen LogP contribution in [0, 0.1) is 0 Å². The molecule has 0 nitrogen and oxygen atoms in total. The normalized spacial score (nSPS) is 14.0. The standard InChI is InChI=1S/C10H4S4/c11-7-5-1-3-13-9(5)8(12)6-2-4-14-10(6)7/h1-4H. The molecule has 0 amide bonds. The van der Waals surface area contributed by atoms with Crippen molar-refractivity contribution in [3.8, 4) is 0 Å². The summed E-state index contributed by atoms with van der Waals surface area (Å²) >= 11 is 14.2. The van der Waals surface area contributed by atoms with Crippen molar-refractivity contribution in [2.24, 2.45) is 0 Å². The summed E-state index contributed by atoms with van der Waals surface area (Å²) in [5, 5.41) is 4.11. The largest absolute Gasteiger partial charge is 0.142 e. The lowest BCUT2D eigenvalue weighted by Gasteiger charge is -2.13. The van der Waals surface area contributed by atoms with E-state index in [1.807, 2.05) is 0 Å². The van der Waals surface area contributed by atoms with Crippen LogP contribution in [0.5, 0.6) is 0 Å². The fourth-order valence-electron chi connectivity index (χ4n) is 1.57. The van der Waals surface area contributed by atoms with Crippen LogP contribution >= 0.6 is 47.1 Å². The van der Waals surface area contributed by atoms with Crippen LogP contribution in [-0.2, 0) is 0 Å². The first kappa shape index (κ1) is 8.85. The first-order chi connectivity index (χ1) is 6.79. The van der Waals surface area contributed by atoms with Crippen LogP contribution in [-0.4, -0.2) is 9.73 Å². The number of fused-ring (bicyclic) bond motifs is 2. The molecule has 0 atom stereocenters. The molecule has 1 aliphatic carbocycles. The molecule has 0 fully saturated rings. The molecule has 2 aromatic rings. The van der Waals surface area contributed by atoms with Gasteiger partial charge < -0.3 is 0 Å². The molecule has 0 spiro atoms. The Hall–Kier alpha value is -0.420. The van der Waals surface area contributed by atoms with Crippen molar-refractivity contribution < 1.29 is 0 Å². The number of thiocarbonyl (C=S) groups is 2. The van der Waals surface area contributed by atoms with Crippen molar-refractivity contribution in [2.75, 3.05) is 0 Å². The van der Waals surface area contributed by atoms with E-state index in [2.05, 4.69) is 22.9 Å². The van der Waals surface area contributed by atoms with Crippen LogP contribution in [0.4, 0.5) is 0 Å². The van der Waals surface area contributed by atoms with Gasteiger partial charge in [-0.1, -0.05) is 24.4 Å². The van der Waals surface area contributed by atoms with Gasteiger partial charge in [-0.2, -0.15) is 0 Å². The number of hydrogen-bond acceptors (Lipinski definition) is 4. The van der Waals surface area contributed by atoms with E-state index in [0.29, 0.717) is 0 Å². The Balaban J connectivity index is 2.37. The molecule has 0 saturated carbocycles. The molecule has 0 bridgehead atoms. The molecule has 0 aliphatic heterocycles. The maximum atomic E-state index is 5.43. The molecule has 0 aromatic carbocycles. The fourth-order valence-corrected chi connectivity index (χ4v) is 4.26. The van der Waals surface area contributed by atoms with Gasteiger partial charge in [0, 0.05) is 11.1 Å². The van der Waals surface area contributed by atoms with Gasteiger partial charge in [0.2, 0.25) is 0 Å². The molecule has 0 N–H and O–H groups in total. The summed E-state index contributed by atoms with van der Waals surface area (Å²) in [6.45, 7) is 0. The highest BCUT2D eigenvalue weighted by Crippen LogP contribution is 2.34. The lowest BCUT2D eigenvalue weighted by Crippen LogP contribution is -2.14. The summed E-state index contributed by atoms with van der Waals surface area (Å²) in [5.41, 5.74) is 2.29. The molecular weight excluding hydrogens is 248 g/mol. The first-order valence-electron chi connectivity index (χ1n) is 4.03. The molecular formula is C10H4S4. The second kappa shape index (κ2) is 3.03. The van der Waals surface area contributed by atoms with Crippen molar-refractivity contribution in [3.63, 3.8) is 0 Å². The molecule has 14 heavy (non-hydrogen) atoms. The molecule has 3 rings (SSSR count). The van der Waals surface area contributed by atoms with Crippen LogP contribution in [0.2, 0.25) is 0 Å². The minimum Gasteiger partial charge on any atom is -0.142 e. The van der Waals surface area contributed by atoms with E-state index < -0.39 is 0 Å². The zero-order valence-electron chi connectivity index (χ0n) is 6.94. The monoisotopic (exact) mass is 252 g/mol. The maximum absolute atomic E-state index is 5.43. The first-order valence-corrected chi connectivity index (χ1v) is 6.61. The Kier molecular flexibility index (Phi) is 1.92. The number of thiophene rings is 2. The maximum Gasteiger partial charge on any atom is 0.0643 e. The quantitative estimate of drug-likeness (QED) is 0.560.